The number of carboxylic acids is 1. The number of ether oxygens (including phenoxy) is 1. The van der Waals surface area contributed by atoms with Crippen LogP contribution in [0.3, 0.4) is 0 Å². The summed E-state index contributed by atoms with van der Waals surface area (Å²) in [6, 6.07) is 8.50. The van der Waals surface area contributed by atoms with E-state index in [0.717, 1.165) is 50.7 Å². The highest BCUT2D eigenvalue weighted by Gasteiger charge is 2.67. The van der Waals surface area contributed by atoms with Gasteiger partial charge in [0.2, 0.25) is 0 Å². The molecule has 0 saturated heterocycles. The third kappa shape index (κ3) is 2.59. The van der Waals surface area contributed by atoms with E-state index in [2.05, 4.69) is 51.1 Å². The Morgan fingerprint density at radius 2 is 1.93 bits per heavy atom. The van der Waals surface area contributed by atoms with Crippen molar-refractivity contribution in [2.24, 2.45) is 34.5 Å². The van der Waals surface area contributed by atoms with Gasteiger partial charge >= 0.3 is 5.97 Å². The average Bonchev–Trinajstić information content (AvgIpc) is 2.70. The molecule has 6 atom stereocenters. The van der Waals surface area contributed by atoms with E-state index in [1.165, 1.54) is 11.1 Å². The molecule has 1 aromatic rings. The van der Waals surface area contributed by atoms with Crippen molar-refractivity contribution in [1.29, 1.82) is 0 Å². The van der Waals surface area contributed by atoms with Crippen LogP contribution in [0.5, 0.6) is 5.75 Å². The van der Waals surface area contributed by atoms with Crippen LogP contribution in [0.15, 0.2) is 35.9 Å². The van der Waals surface area contributed by atoms with Crippen LogP contribution in [-0.4, -0.2) is 16.7 Å². The lowest BCUT2D eigenvalue weighted by atomic mass is 9.41. The first-order valence-corrected chi connectivity index (χ1v) is 11.9. The van der Waals surface area contributed by atoms with E-state index in [-0.39, 0.29) is 16.9 Å². The molecule has 3 aliphatic carbocycles. The monoisotopic (exact) mass is 408 g/mol. The molecule has 2 fully saturated rings. The van der Waals surface area contributed by atoms with Crippen molar-refractivity contribution in [3.05, 3.63) is 41.5 Å². The van der Waals surface area contributed by atoms with Crippen molar-refractivity contribution in [3.8, 4) is 5.75 Å². The van der Waals surface area contributed by atoms with E-state index in [4.69, 9.17) is 4.74 Å². The van der Waals surface area contributed by atoms with Crippen molar-refractivity contribution in [2.45, 2.75) is 78.2 Å². The molecule has 5 rings (SSSR count). The van der Waals surface area contributed by atoms with E-state index in [9.17, 15) is 9.90 Å². The van der Waals surface area contributed by atoms with Gasteiger partial charge in [-0.05, 0) is 80.4 Å². The van der Waals surface area contributed by atoms with Gasteiger partial charge < -0.3 is 9.84 Å². The van der Waals surface area contributed by atoms with Crippen LogP contribution in [-0.2, 0) is 11.2 Å². The molecule has 1 heterocycles. The molecule has 0 amide bonds. The van der Waals surface area contributed by atoms with Crippen molar-refractivity contribution >= 4 is 5.97 Å². The molecular weight excluding hydrogens is 372 g/mol. The minimum atomic E-state index is -0.627. The number of rotatable bonds is 2. The lowest BCUT2D eigenvalue weighted by Gasteiger charge is -2.66. The van der Waals surface area contributed by atoms with Gasteiger partial charge in [0.1, 0.15) is 11.4 Å². The highest BCUT2D eigenvalue weighted by Crippen LogP contribution is 2.68. The zero-order chi connectivity index (χ0) is 21.3. The number of aliphatic carboxylic acids is 1. The molecule has 3 heteroatoms. The predicted molar refractivity (Wildman–Crippen MR) is 118 cm³/mol. The third-order valence-corrected chi connectivity index (χ3v) is 9.56. The summed E-state index contributed by atoms with van der Waals surface area (Å²) in [5.74, 6) is 1.91. The maximum Gasteiger partial charge on any atom is 0.309 e. The van der Waals surface area contributed by atoms with Gasteiger partial charge in [-0.25, -0.2) is 0 Å². The lowest BCUT2D eigenvalue weighted by molar-refractivity contribution is -0.199. The van der Waals surface area contributed by atoms with Gasteiger partial charge in [-0.2, -0.15) is 0 Å². The number of allylic oxidation sites excluding steroid dienone is 1. The molecule has 0 bridgehead atoms. The molecule has 1 spiro atoms. The summed E-state index contributed by atoms with van der Waals surface area (Å²) >= 11 is 0. The van der Waals surface area contributed by atoms with E-state index < -0.39 is 11.4 Å². The largest absolute Gasteiger partial charge is 0.482 e. The quantitative estimate of drug-likeness (QED) is 0.587. The Hall–Kier alpha value is -1.77. The summed E-state index contributed by atoms with van der Waals surface area (Å²) in [6.07, 6.45) is 9.63. The first kappa shape index (κ1) is 20.2. The van der Waals surface area contributed by atoms with Crippen LogP contribution in [0.4, 0.5) is 0 Å². The topological polar surface area (TPSA) is 46.5 Å². The Kier molecular flexibility index (Phi) is 4.44. The van der Waals surface area contributed by atoms with E-state index >= 15 is 0 Å². The minimum absolute atomic E-state index is 0.00713. The van der Waals surface area contributed by atoms with Gasteiger partial charge in [-0.15, -0.1) is 0 Å². The molecule has 1 N–H and O–H groups in total. The predicted octanol–water partition coefficient (Wildman–Crippen LogP) is 6.27. The molecule has 0 aromatic heterocycles. The number of hydrogen-bond acceptors (Lipinski definition) is 2. The SMILES string of the molecule is CC(C)C1=CC23Oc4ccccc4CC2CC2C(C)(C(=O)O)CCCC2(C)C3CC1. The molecule has 3 nitrogen and oxygen atoms in total. The maximum absolute atomic E-state index is 12.5. The minimum Gasteiger partial charge on any atom is -0.482 e. The van der Waals surface area contributed by atoms with Gasteiger partial charge in [0.25, 0.3) is 0 Å². The Morgan fingerprint density at radius 3 is 2.67 bits per heavy atom. The summed E-state index contributed by atoms with van der Waals surface area (Å²) in [4.78, 5) is 12.5. The fourth-order valence-electron chi connectivity index (χ4n) is 7.94. The van der Waals surface area contributed by atoms with E-state index in [1.54, 1.807) is 0 Å². The summed E-state index contributed by atoms with van der Waals surface area (Å²) in [5.41, 5.74) is 1.90. The second kappa shape index (κ2) is 6.61. The maximum atomic E-state index is 12.5. The standard InChI is InChI=1S/C27H36O3/c1-17(2)19-10-11-22-25(3)12-7-13-26(4,24(28)29)23(25)15-20-14-18-8-5-6-9-21(18)30-27(20,22)16-19/h5-6,8-9,16-17,20,22-23H,7,10-15H2,1-4H3,(H,28,29). The number of carboxylic acid groups (broad SMARTS) is 1. The van der Waals surface area contributed by atoms with Crippen LogP contribution in [0.25, 0.3) is 0 Å². The number of benzene rings is 1. The first-order valence-electron chi connectivity index (χ1n) is 11.9. The van der Waals surface area contributed by atoms with Crippen molar-refractivity contribution in [1.82, 2.24) is 0 Å². The normalized spacial score (nSPS) is 42.2. The van der Waals surface area contributed by atoms with Crippen LogP contribution in [0, 0.1) is 34.5 Å². The van der Waals surface area contributed by atoms with Crippen molar-refractivity contribution < 1.29 is 14.6 Å². The fraction of sp³-hybridized carbons (Fsp3) is 0.667. The van der Waals surface area contributed by atoms with Gasteiger partial charge in [0, 0.05) is 11.8 Å². The van der Waals surface area contributed by atoms with Gasteiger partial charge in [-0.3, -0.25) is 4.79 Å². The Labute approximate surface area is 180 Å². The summed E-state index contributed by atoms with van der Waals surface area (Å²) in [6.45, 7) is 9.02. The summed E-state index contributed by atoms with van der Waals surface area (Å²) < 4.78 is 7.03. The average molecular weight is 409 g/mol. The molecule has 6 unspecified atom stereocenters. The van der Waals surface area contributed by atoms with Crippen LogP contribution in [0.1, 0.15) is 71.8 Å². The molecule has 162 valence electrons. The van der Waals surface area contributed by atoms with Gasteiger partial charge in [-0.1, -0.05) is 51.0 Å². The van der Waals surface area contributed by atoms with Crippen molar-refractivity contribution in [2.75, 3.05) is 0 Å². The van der Waals surface area contributed by atoms with Gasteiger partial charge in [0.05, 0.1) is 5.41 Å². The summed E-state index contributed by atoms with van der Waals surface area (Å²) in [7, 11) is 0. The molecule has 4 aliphatic rings. The van der Waals surface area contributed by atoms with Gasteiger partial charge in [0.15, 0.2) is 0 Å². The third-order valence-electron chi connectivity index (χ3n) is 9.56. The highest BCUT2D eigenvalue weighted by molar-refractivity contribution is 5.75. The Bertz CT molecular complexity index is 901. The Morgan fingerprint density at radius 1 is 1.17 bits per heavy atom. The zero-order valence-electron chi connectivity index (χ0n) is 18.9. The van der Waals surface area contributed by atoms with E-state index in [0.29, 0.717) is 17.8 Å². The smallest absolute Gasteiger partial charge is 0.309 e. The number of fused-ring (bicyclic) bond motifs is 3. The lowest BCUT2D eigenvalue weighted by Crippen LogP contribution is -2.67. The molecule has 30 heavy (non-hydrogen) atoms. The van der Waals surface area contributed by atoms with Crippen LogP contribution < -0.4 is 4.74 Å². The van der Waals surface area contributed by atoms with Crippen LogP contribution in [0.2, 0.25) is 0 Å². The van der Waals surface area contributed by atoms with Crippen LogP contribution >= 0.6 is 0 Å². The molecule has 0 radical (unpaired) electrons. The molecule has 1 aliphatic heterocycles. The molecular formula is C27H36O3. The fourth-order valence-corrected chi connectivity index (χ4v) is 7.94. The number of carbonyl (C=O) groups is 1. The summed E-state index contributed by atoms with van der Waals surface area (Å²) in [5, 5.41) is 10.3. The highest BCUT2D eigenvalue weighted by atomic mass is 16.5. The molecule has 1 aromatic carbocycles. The first-order chi connectivity index (χ1) is 14.2. The Balaban J connectivity index is 1.68. The second-order valence-corrected chi connectivity index (χ2v) is 11.3. The van der Waals surface area contributed by atoms with E-state index in [1.807, 2.05) is 6.92 Å². The zero-order valence-corrected chi connectivity index (χ0v) is 18.9. The number of para-hydroxylation sites is 1. The van der Waals surface area contributed by atoms with Crippen molar-refractivity contribution in [3.63, 3.8) is 0 Å². The second-order valence-electron chi connectivity index (χ2n) is 11.3. The molecule has 2 saturated carbocycles. The number of hydrogen-bond donors (Lipinski definition) is 1.